The van der Waals surface area contributed by atoms with Gasteiger partial charge in [-0.1, -0.05) is 12.2 Å². The molecule has 122 valence electrons. The average molecular weight is 305 g/mol. The molecule has 2 saturated carbocycles. The zero-order valence-electron chi connectivity index (χ0n) is 13.3. The van der Waals surface area contributed by atoms with Crippen molar-refractivity contribution in [2.24, 2.45) is 11.8 Å². The van der Waals surface area contributed by atoms with E-state index in [1.807, 2.05) is 0 Å². The molecular formula is C18H27NO3. The van der Waals surface area contributed by atoms with Gasteiger partial charge in [0.1, 0.15) is 6.10 Å². The van der Waals surface area contributed by atoms with Gasteiger partial charge in [-0.3, -0.25) is 4.79 Å². The summed E-state index contributed by atoms with van der Waals surface area (Å²) in [6.45, 7) is 2.26. The largest absolute Gasteiger partial charge is 0.374 e. The molecule has 0 aromatic carbocycles. The molecule has 2 bridgehead atoms. The number of fused-ring (bicyclic) bond motifs is 2. The Bertz CT molecular complexity index is 446. The van der Waals surface area contributed by atoms with Crippen molar-refractivity contribution >= 4 is 5.91 Å². The smallest absolute Gasteiger partial charge is 0.226 e. The van der Waals surface area contributed by atoms with Gasteiger partial charge in [0.25, 0.3) is 0 Å². The molecule has 0 spiro atoms. The lowest BCUT2D eigenvalue weighted by Crippen LogP contribution is -2.48. The van der Waals surface area contributed by atoms with Crippen LogP contribution < -0.4 is 0 Å². The van der Waals surface area contributed by atoms with Crippen molar-refractivity contribution in [3.8, 4) is 0 Å². The van der Waals surface area contributed by atoms with E-state index in [0.717, 1.165) is 51.2 Å². The molecule has 3 fully saturated rings. The molecule has 4 heteroatoms. The standard InChI is InChI=1S/C18H27NO3/c20-18(14-4-2-1-3-5-14)19-10-11-21-16-9-8-15(19)17(16)22-12-13-6-7-13/h1-2,13-17H,3-12H2/t14-,15-,16-,17+/m0/s1. The lowest BCUT2D eigenvalue weighted by Gasteiger charge is -2.34. The summed E-state index contributed by atoms with van der Waals surface area (Å²) in [4.78, 5) is 15.1. The maximum absolute atomic E-state index is 13.0. The monoisotopic (exact) mass is 305 g/mol. The third-order valence-electron chi connectivity index (χ3n) is 5.68. The third-order valence-corrected chi connectivity index (χ3v) is 5.68. The Labute approximate surface area is 132 Å². The second-order valence-corrected chi connectivity index (χ2v) is 7.31. The van der Waals surface area contributed by atoms with Crippen molar-refractivity contribution in [3.05, 3.63) is 12.2 Å². The number of carbonyl (C=O) groups is 1. The zero-order valence-corrected chi connectivity index (χ0v) is 13.3. The lowest BCUT2D eigenvalue weighted by atomic mass is 9.92. The fraction of sp³-hybridized carbons (Fsp3) is 0.833. The van der Waals surface area contributed by atoms with E-state index in [-0.39, 0.29) is 24.2 Å². The van der Waals surface area contributed by atoms with E-state index in [9.17, 15) is 4.79 Å². The van der Waals surface area contributed by atoms with Gasteiger partial charge in [-0.15, -0.1) is 0 Å². The minimum absolute atomic E-state index is 0.103. The number of rotatable bonds is 4. The molecule has 0 radical (unpaired) electrons. The molecule has 4 aliphatic rings. The molecular weight excluding hydrogens is 278 g/mol. The number of allylic oxidation sites excluding steroid dienone is 2. The first-order valence-corrected chi connectivity index (χ1v) is 9.01. The average Bonchev–Trinajstić information content (AvgIpc) is 3.30. The Morgan fingerprint density at radius 3 is 2.86 bits per heavy atom. The summed E-state index contributed by atoms with van der Waals surface area (Å²) < 4.78 is 12.2. The highest BCUT2D eigenvalue weighted by molar-refractivity contribution is 5.79. The summed E-state index contributed by atoms with van der Waals surface area (Å²) in [6, 6.07) is 0.240. The molecule has 0 aromatic heterocycles. The SMILES string of the molecule is O=C([C@H]1CC=CCC1)N1CCO[C@H]2CC[C@H]1[C@H]2OCC1CC1. The molecule has 22 heavy (non-hydrogen) atoms. The summed E-state index contributed by atoms with van der Waals surface area (Å²) >= 11 is 0. The first-order valence-electron chi connectivity index (χ1n) is 9.01. The van der Waals surface area contributed by atoms with Crippen LogP contribution in [0.15, 0.2) is 12.2 Å². The van der Waals surface area contributed by atoms with Gasteiger partial charge < -0.3 is 14.4 Å². The number of hydrogen-bond acceptors (Lipinski definition) is 3. The number of nitrogens with zero attached hydrogens (tertiary/aromatic N) is 1. The highest BCUT2D eigenvalue weighted by Gasteiger charge is 2.46. The van der Waals surface area contributed by atoms with Crippen molar-refractivity contribution in [2.75, 3.05) is 19.8 Å². The van der Waals surface area contributed by atoms with Crippen LogP contribution in [-0.2, 0) is 14.3 Å². The second kappa shape index (κ2) is 6.32. The molecule has 1 saturated heterocycles. The van der Waals surface area contributed by atoms with E-state index < -0.39 is 0 Å². The normalized spacial score (nSPS) is 38.1. The van der Waals surface area contributed by atoms with Crippen LogP contribution in [0.3, 0.4) is 0 Å². The Morgan fingerprint density at radius 2 is 2.09 bits per heavy atom. The number of amides is 1. The minimum atomic E-state index is 0.103. The van der Waals surface area contributed by atoms with Gasteiger partial charge in [0, 0.05) is 19.1 Å². The molecule has 4 atom stereocenters. The number of ether oxygens (including phenoxy) is 2. The maximum atomic E-state index is 13.0. The van der Waals surface area contributed by atoms with Gasteiger partial charge in [0.15, 0.2) is 0 Å². The summed E-state index contributed by atoms with van der Waals surface area (Å²) in [5.74, 6) is 1.27. The van der Waals surface area contributed by atoms with Gasteiger partial charge in [-0.2, -0.15) is 0 Å². The molecule has 1 heterocycles. The van der Waals surface area contributed by atoms with Crippen molar-refractivity contribution in [2.45, 2.75) is 63.2 Å². The summed E-state index contributed by atoms with van der Waals surface area (Å²) in [5.41, 5.74) is 0. The Kier molecular flexibility index (Phi) is 4.23. The third kappa shape index (κ3) is 2.95. The molecule has 1 aliphatic heterocycles. The highest BCUT2D eigenvalue weighted by atomic mass is 16.5. The van der Waals surface area contributed by atoms with Crippen LogP contribution >= 0.6 is 0 Å². The van der Waals surface area contributed by atoms with Gasteiger partial charge in [0.2, 0.25) is 5.91 Å². The van der Waals surface area contributed by atoms with Crippen LogP contribution in [0.25, 0.3) is 0 Å². The van der Waals surface area contributed by atoms with Gasteiger partial charge in [-0.05, 0) is 50.9 Å². The van der Waals surface area contributed by atoms with Gasteiger partial charge in [-0.25, -0.2) is 0 Å². The quantitative estimate of drug-likeness (QED) is 0.749. The van der Waals surface area contributed by atoms with E-state index >= 15 is 0 Å². The van der Waals surface area contributed by atoms with E-state index in [4.69, 9.17) is 9.47 Å². The molecule has 4 nitrogen and oxygen atoms in total. The van der Waals surface area contributed by atoms with Gasteiger partial charge in [0.05, 0.1) is 18.8 Å². The summed E-state index contributed by atoms with van der Waals surface area (Å²) in [7, 11) is 0. The van der Waals surface area contributed by atoms with Crippen LogP contribution in [0.4, 0.5) is 0 Å². The Balaban J connectivity index is 1.45. The van der Waals surface area contributed by atoms with E-state index in [0.29, 0.717) is 12.5 Å². The first kappa shape index (κ1) is 14.7. The molecule has 0 N–H and O–H groups in total. The van der Waals surface area contributed by atoms with E-state index in [1.54, 1.807) is 0 Å². The lowest BCUT2D eigenvalue weighted by molar-refractivity contribution is -0.140. The fourth-order valence-corrected chi connectivity index (χ4v) is 4.17. The predicted octanol–water partition coefficient (Wildman–Crippen LogP) is 2.53. The van der Waals surface area contributed by atoms with Crippen LogP contribution in [0.5, 0.6) is 0 Å². The molecule has 3 aliphatic carbocycles. The van der Waals surface area contributed by atoms with Crippen molar-refractivity contribution < 1.29 is 14.3 Å². The summed E-state index contributed by atoms with van der Waals surface area (Å²) in [5, 5.41) is 0. The number of carbonyl (C=O) groups excluding carboxylic acids is 1. The number of hydrogen-bond donors (Lipinski definition) is 0. The molecule has 0 aromatic rings. The van der Waals surface area contributed by atoms with Crippen molar-refractivity contribution in [3.63, 3.8) is 0 Å². The first-order chi connectivity index (χ1) is 10.8. The van der Waals surface area contributed by atoms with Gasteiger partial charge >= 0.3 is 0 Å². The van der Waals surface area contributed by atoms with E-state index in [1.165, 1.54) is 12.8 Å². The van der Waals surface area contributed by atoms with Crippen molar-refractivity contribution in [1.82, 2.24) is 4.90 Å². The van der Waals surface area contributed by atoms with Crippen LogP contribution in [-0.4, -0.2) is 48.8 Å². The van der Waals surface area contributed by atoms with Crippen LogP contribution in [0, 0.1) is 11.8 Å². The zero-order chi connectivity index (χ0) is 14.9. The predicted molar refractivity (Wildman–Crippen MR) is 83.4 cm³/mol. The van der Waals surface area contributed by atoms with Crippen LogP contribution in [0.1, 0.15) is 44.9 Å². The molecule has 1 amide bonds. The Morgan fingerprint density at radius 1 is 1.18 bits per heavy atom. The van der Waals surface area contributed by atoms with Crippen molar-refractivity contribution in [1.29, 1.82) is 0 Å². The second-order valence-electron chi connectivity index (χ2n) is 7.31. The van der Waals surface area contributed by atoms with Crippen LogP contribution in [0.2, 0.25) is 0 Å². The topological polar surface area (TPSA) is 38.8 Å². The summed E-state index contributed by atoms with van der Waals surface area (Å²) in [6.07, 6.45) is 12.3. The Hall–Kier alpha value is -0.870. The minimum Gasteiger partial charge on any atom is -0.374 e. The van der Waals surface area contributed by atoms with E-state index in [2.05, 4.69) is 17.1 Å². The fourth-order valence-electron chi connectivity index (χ4n) is 4.17. The maximum Gasteiger partial charge on any atom is 0.226 e. The molecule has 0 unspecified atom stereocenters. The highest BCUT2D eigenvalue weighted by Crippen LogP contribution is 2.36. The molecule has 4 rings (SSSR count).